The molecule has 2 N–H and O–H groups in total. The fraction of sp³-hybridized carbons (Fsp3) is 0.250. The molecule has 3 aromatic carbocycles. The number of halogens is 1. The van der Waals surface area contributed by atoms with Crippen molar-refractivity contribution in [2.45, 2.75) is 12.2 Å². The number of aromatic hydroxyl groups is 1. The van der Waals surface area contributed by atoms with E-state index in [9.17, 15) is 23.0 Å². The Bertz CT molecular complexity index is 1870. The number of anilines is 1. The van der Waals surface area contributed by atoms with E-state index < -0.39 is 15.8 Å². The smallest absolute Gasteiger partial charge is 0.258 e. The minimum atomic E-state index is -4.01. The van der Waals surface area contributed by atoms with Crippen LogP contribution in [0.5, 0.6) is 11.5 Å². The minimum Gasteiger partial charge on any atom is -0.507 e. The van der Waals surface area contributed by atoms with Gasteiger partial charge in [-0.1, -0.05) is 42.5 Å². The highest BCUT2D eigenvalue weighted by molar-refractivity contribution is 7.89. The SMILES string of the molecule is O=S(=O)(Cc1ccccc1)n1nc(-c2ccc(N3CCOCC3)c(OCCCO)c2)c2cc(-c3c(O)cccc3F)ncc21. The van der Waals surface area contributed by atoms with E-state index in [1.807, 2.05) is 18.2 Å². The zero-order valence-corrected chi connectivity index (χ0v) is 24.6. The quantitative estimate of drug-likeness (QED) is 0.216. The highest BCUT2D eigenvalue weighted by Gasteiger charge is 2.25. The molecule has 44 heavy (non-hydrogen) atoms. The largest absolute Gasteiger partial charge is 0.507 e. The zero-order valence-electron chi connectivity index (χ0n) is 23.8. The highest BCUT2D eigenvalue weighted by atomic mass is 32.2. The second kappa shape index (κ2) is 12.6. The Kier molecular flexibility index (Phi) is 8.47. The van der Waals surface area contributed by atoms with E-state index in [1.165, 1.54) is 30.5 Å². The Balaban J connectivity index is 1.52. The summed E-state index contributed by atoms with van der Waals surface area (Å²) in [6.07, 6.45) is 1.76. The van der Waals surface area contributed by atoms with Crippen LogP contribution in [0.4, 0.5) is 10.1 Å². The van der Waals surface area contributed by atoms with Crippen molar-refractivity contribution in [2.24, 2.45) is 0 Å². The number of nitrogens with zero attached hydrogens (tertiary/aromatic N) is 4. The molecule has 0 amide bonds. The molecule has 12 heteroatoms. The van der Waals surface area contributed by atoms with Crippen molar-refractivity contribution in [3.05, 3.63) is 90.4 Å². The van der Waals surface area contributed by atoms with Gasteiger partial charge in [0.05, 0.1) is 48.7 Å². The number of aliphatic hydroxyl groups excluding tert-OH is 1. The first-order valence-corrected chi connectivity index (χ1v) is 15.8. The second-order valence-electron chi connectivity index (χ2n) is 10.4. The lowest BCUT2D eigenvalue weighted by Gasteiger charge is -2.30. The normalized spacial score (nSPS) is 13.8. The lowest BCUT2D eigenvalue weighted by Crippen LogP contribution is -2.36. The number of ether oxygens (including phenoxy) is 2. The molecule has 6 rings (SSSR count). The van der Waals surface area contributed by atoms with Gasteiger partial charge < -0.3 is 24.6 Å². The number of morpholine rings is 1. The van der Waals surface area contributed by atoms with Gasteiger partial charge in [0.2, 0.25) is 0 Å². The number of fused-ring (bicyclic) bond motifs is 1. The fourth-order valence-electron chi connectivity index (χ4n) is 5.25. The average Bonchev–Trinajstić information content (AvgIpc) is 3.42. The number of benzene rings is 3. The number of hydrogen-bond donors (Lipinski definition) is 2. The van der Waals surface area contributed by atoms with Gasteiger partial charge in [-0.25, -0.2) is 12.8 Å². The molecular formula is C32H31FN4O6S. The highest BCUT2D eigenvalue weighted by Crippen LogP contribution is 2.39. The van der Waals surface area contributed by atoms with Crippen molar-refractivity contribution >= 4 is 26.6 Å². The van der Waals surface area contributed by atoms with E-state index in [0.717, 1.165) is 9.77 Å². The molecule has 1 fully saturated rings. The van der Waals surface area contributed by atoms with E-state index in [1.54, 1.807) is 30.3 Å². The lowest BCUT2D eigenvalue weighted by molar-refractivity contribution is 0.122. The summed E-state index contributed by atoms with van der Waals surface area (Å²) in [6.45, 7) is 2.74. The standard InChI is InChI=1S/C32H31FN4O6S/c33-25-8-4-9-29(39)31(25)26-19-24-28(20-34-26)37(44(40,41)21-22-6-2-1-3-7-22)35-32(24)23-10-11-27(36-12-16-42-17-13-36)30(18-23)43-15-5-14-38/h1-4,6-11,18-20,38-39H,5,12-17,21H2. The van der Waals surface area contributed by atoms with Gasteiger partial charge in [0, 0.05) is 37.1 Å². The molecule has 10 nitrogen and oxygen atoms in total. The number of phenolic OH excluding ortho intramolecular Hbond substituents is 1. The zero-order chi connectivity index (χ0) is 30.7. The molecule has 3 heterocycles. The van der Waals surface area contributed by atoms with Gasteiger partial charge >= 0.3 is 0 Å². The van der Waals surface area contributed by atoms with Crippen LogP contribution in [0.25, 0.3) is 33.4 Å². The molecule has 0 saturated carbocycles. The number of pyridine rings is 1. The van der Waals surface area contributed by atoms with Gasteiger partial charge in [0.15, 0.2) is 0 Å². The lowest BCUT2D eigenvalue weighted by atomic mass is 10.0. The van der Waals surface area contributed by atoms with Crippen molar-refractivity contribution in [1.82, 2.24) is 14.2 Å². The molecule has 228 valence electrons. The molecule has 0 atom stereocenters. The van der Waals surface area contributed by atoms with Gasteiger partial charge in [-0.2, -0.15) is 9.19 Å². The van der Waals surface area contributed by atoms with Crippen LogP contribution in [0, 0.1) is 5.82 Å². The summed E-state index contributed by atoms with van der Waals surface area (Å²) in [5.41, 5.74) is 2.54. The molecule has 0 unspecified atom stereocenters. The van der Waals surface area contributed by atoms with Crippen molar-refractivity contribution in [3.8, 4) is 34.0 Å². The third-order valence-corrected chi connectivity index (χ3v) is 8.89. The van der Waals surface area contributed by atoms with Crippen molar-refractivity contribution in [1.29, 1.82) is 0 Å². The summed E-state index contributed by atoms with van der Waals surface area (Å²) in [4.78, 5) is 6.48. The summed E-state index contributed by atoms with van der Waals surface area (Å²) in [5, 5.41) is 24.8. The predicted octanol–water partition coefficient (Wildman–Crippen LogP) is 4.59. The van der Waals surface area contributed by atoms with Crippen LogP contribution in [0.15, 0.2) is 79.0 Å². The van der Waals surface area contributed by atoms with Gasteiger partial charge in [0.1, 0.15) is 28.5 Å². The third kappa shape index (κ3) is 5.96. The maximum atomic E-state index is 14.9. The second-order valence-corrected chi connectivity index (χ2v) is 12.2. The third-order valence-electron chi connectivity index (χ3n) is 7.38. The Hall–Kier alpha value is -4.52. The first-order chi connectivity index (χ1) is 21.4. The molecule has 0 bridgehead atoms. The number of aromatic nitrogens is 3. The summed E-state index contributed by atoms with van der Waals surface area (Å²) in [5.74, 6) is -0.714. The van der Waals surface area contributed by atoms with Crippen LogP contribution in [-0.2, 0) is 20.5 Å². The van der Waals surface area contributed by atoms with Crippen LogP contribution >= 0.6 is 0 Å². The maximum Gasteiger partial charge on any atom is 0.258 e. The number of rotatable bonds is 10. The molecule has 0 radical (unpaired) electrons. The van der Waals surface area contributed by atoms with Crippen molar-refractivity contribution in [3.63, 3.8) is 0 Å². The predicted molar refractivity (Wildman–Crippen MR) is 165 cm³/mol. The van der Waals surface area contributed by atoms with Crippen molar-refractivity contribution < 1.29 is 32.5 Å². The number of aliphatic hydroxyl groups is 1. The molecule has 2 aromatic heterocycles. The average molecular weight is 619 g/mol. The number of hydrogen-bond acceptors (Lipinski definition) is 9. The van der Waals surface area contributed by atoms with Crippen LogP contribution in [0.3, 0.4) is 0 Å². The van der Waals surface area contributed by atoms with Gasteiger partial charge in [-0.15, -0.1) is 0 Å². The van der Waals surface area contributed by atoms with Gasteiger partial charge in [-0.3, -0.25) is 4.98 Å². The molecule has 0 aliphatic carbocycles. The monoisotopic (exact) mass is 618 g/mol. The van der Waals surface area contributed by atoms with Crippen LogP contribution in [-0.4, -0.2) is 72.3 Å². The van der Waals surface area contributed by atoms with Gasteiger partial charge in [0.25, 0.3) is 10.0 Å². The van der Waals surface area contributed by atoms with E-state index in [4.69, 9.17) is 9.47 Å². The minimum absolute atomic E-state index is 0.0282. The Labute approximate surface area is 254 Å². The summed E-state index contributed by atoms with van der Waals surface area (Å²) < 4.78 is 54.9. The van der Waals surface area contributed by atoms with E-state index in [0.29, 0.717) is 60.7 Å². The van der Waals surface area contributed by atoms with Crippen LogP contribution in [0.2, 0.25) is 0 Å². The first-order valence-electron chi connectivity index (χ1n) is 14.2. The van der Waals surface area contributed by atoms with Gasteiger partial charge in [-0.05, 0) is 35.9 Å². The van der Waals surface area contributed by atoms with E-state index >= 15 is 0 Å². The number of phenols is 1. The van der Waals surface area contributed by atoms with E-state index in [2.05, 4.69) is 15.0 Å². The molecule has 1 saturated heterocycles. The molecule has 0 spiro atoms. The molecule has 5 aromatic rings. The maximum absolute atomic E-state index is 14.9. The first kappa shape index (κ1) is 29.5. The van der Waals surface area contributed by atoms with Crippen molar-refractivity contribution in [2.75, 3.05) is 44.4 Å². The molecule has 1 aliphatic heterocycles. The Morgan fingerprint density at radius 2 is 1.80 bits per heavy atom. The summed E-state index contributed by atoms with van der Waals surface area (Å²) in [6, 6.07) is 19.8. The van der Waals surface area contributed by atoms with Crippen LogP contribution < -0.4 is 9.64 Å². The Morgan fingerprint density at radius 1 is 1.00 bits per heavy atom. The summed E-state index contributed by atoms with van der Waals surface area (Å²) in [7, 11) is -4.01. The van der Waals surface area contributed by atoms with E-state index in [-0.39, 0.29) is 41.5 Å². The molecular weight excluding hydrogens is 587 g/mol. The summed E-state index contributed by atoms with van der Waals surface area (Å²) >= 11 is 0. The fourth-order valence-corrected chi connectivity index (χ4v) is 6.64. The molecule has 1 aliphatic rings. The van der Waals surface area contributed by atoms with Crippen LogP contribution in [0.1, 0.15) is 12.0 Å². The Morgan fingerprint density at radius 3 is 2.55 bits per heavy atom. The topological polar surface area (TPSA) is 127 Å².